The molecule has 0 spiro atoms. The van der Waals surface area contributed by atoms with E-state index < -0.39 is 5.54 Å². The highest BCUT2D eigenvalue weighted by Gasteiger charge is 2.47. The molecule has 7 heteroatoms. The second kappa shape index (κ2) is 6.79. The normalized spacial score (nSPS) is 25.5. The number of nitrogens with one attached hydrogen (secondary N) is 1. The Labute approximate surface area is 130 Å². The fourth-order valence-corrected chi connectivity index (χ4v) is 4.05. The van der Waals surface area contributed by atoms with E-state index in [2.05, 4.69) is 29.2 Å². The van der Waals surface area contributed by atoms with E-state index >= 15 is 0 Å². The zero-order valence-corrected chi connectivity index (χ0v) is 13.9. The molecule has 1 N–H and O–H groups in total. The molecule has 2 atom stereocenters. The Kier molecular flexibility index (Phi) is 5.27. The lowest BCUT2D eigenvalue weighted by Crippen LogP contribution is -2.54. The highest BCUT2D eigenvalue weighted by atomic mass is 32.2. The predicted octanol–water partition coefficient (Wildman–Crippen LogP) is 1.76. The second-order valence-electron chi connectivity index (χ2n) is 5.75. The van der Waals surface area contributed by atoms with E-state index in [1.807, 2.05) is 14.0 Å². The van der Waals surface area contributed by atoms with E-state index in [1.54, 1.807) is 22.8 Å². The number of aromatic nitrogens is 3. The molecule has 1 fully saturated rings. The van der Waals surface area contributed by atoms with Gasteiger partial charge >= 0.3 is 5.97 Å². The SMILES string of the molecule is CCOC(=O)C1(NC(C)C)CCC(Sc2ncnn2C)C1. The van der Waals surface area contributed by atoms with Crippen LogP contribution < -0.4 is 5.32 Å². The van der Waals surface area contributed by atoms with Gasteiger partial charge in [0.15, 0.2) is 5.16 Å². The highest BCUT2D eigenvalue weighted by molar-refractivity contribution is 7.99. The Morgan fingerprint density at radius 3 is 3.00 bits per heavy atom. The summed E-state index contributed by atoms with van der Waals surface area (Å²) in [5.41, 5.74) is -0.555. The van der Waals surface area contributed by atoms with Crippen molar-refractivity contribution in [1.82, 2.24) is 20.1 Å². The van der Waals surface area contributed by atoms with Crippen molar-refractivity contribution in [3.8, 4) is 0 Å². The lowest BCUT2D eigenvalue weighted by atomic mass is 9.96. The molecular weight excluding hydrogens is 288 g/mol. The number of hydrogen-bond donors (Lipinski definition) is 1. The van der Waals surface area contributed by atoms with E-state index in [9.17, 15) is 4.79 Å². The van der Waals surface area contributed by atoms with Gasteiger partial charge in [-0.3, -0.25) is 10.1 Å². The van der Waals surface area contributed by atoms with Crippen LogP contribution in [0.2, 0.25) is 0 Å². The van der Waals surface area contributed by atoms with Gasteiger partial charge in [-0.15, -0.1) is 0 Å². The number of rotatable bonds is 6. The summed E-state index contributed by atoms with van der Waals surface area (Å²) >= 11 is 1.69. The van der Waals surface area contributed by atoms with Gasteiger partial charge in [0.2, 0.25) is 0 Å². The van der Waals surface area contributed by atoms with Crippen LogP contribution in [-0.2, 0) is 16.6 Å². The van der Waals surface area contributed by atoms with Crippen LogP contribution in [0.5, 0.6) is 0 Å². The number of ether oxygens (including phenoxy) is 1. The summed E-state index contributed by atoms with van der Waals surface area (Å²) in [6, 6.07) is 0.244. The summed E-state index contributed by atoms with van der Waals surface area (Å²) in [5.74, 6) is -0.125. The average Bonchev–Trinajstić information content (AvgIpc) is 2.98. The summed E-state index contributed by atoms with van der Waals surface area (Å²) in [6.45, 7) is 6.39. The molecule has 1 aromatic heterocycles. The van der Waals surface area contributed by atoms with Gasteiger partial charge in [0.05, 0.1) is 6.61 Å². The summed E-state index contributed by atoms with van der Waals surface area (Å²) in [5, 5.41) is 8.76. The van der Waals surface area contributed by atoms with Gasteiger partial charge < -0.3 is 4.74 Å². The first-order valence-electron chi connectivity index (χ1n) is 7.42. The third kappa shape index (κ3) is 3.77. The van der Waals surface area contributed by atoms with Crippen LogP contribution in [0.3, 0.4) is 0 Å². The van der Waals surface area contributed by atoms with Gasteiger partial charge in [0.1, 0.15) is 11.9 Å². The molecule has 0 bridgehead atoms. The third-order valence-corrected chi connectivity index (χ3v) is 4.96. The fourth-order valence-electron chi connectivity index (χ4n) is 2.84. The second-order valence-corrected chi connectivity index (χ2v) is 7.02. The number of nitrogens with zero attached hydrogens (tertiary/aromatic N) is 3. The number of carbonyl (C=O) groups is 1. The Bertz CT molecular complexity index is 491. The van der Waals surface area contributed by atoms with Crippen LogP contribution in [0.15, 0.2) is 11.5 Å². The van der Waals surface area contributed by atoms with Crippen molar-refractivity contribution in [2.24, 2.45) is 7.05 Å². The third-order valence-electron chi connectivity index (χ3n) is 3.64. The van der Waals surface area contributed by atoms with Crippen molar-refractivity contribution in [2.45, 2.75) is 62.0 Å². The van der Waals surface area contributed by atoms with Gasteiger partial charge in [-0.2, -0.15) is 5.10 Å². The van der Waals surface area contributed by atoms with Crippen molar-refractivity contribution in [3.63, 3.8) is 0 Å². The molecule has 1 heterocycles. The van der Waals surface area contributed by atoms with Crippen molar-refractivity contribution >= 4 is 17.7 Å². The average molecular weight is 312 g/mol. The molecule has 6 nitrogen and oxygen atoms in total. The van der Waals surface area contributed by atoms with Gasteiger partial charge in [0, 0.05) is 18.3 Å². The highest BCUT2D eigenvalue weighted by Crippen LogP contribution is 2.40. The molecule has 1 aromatic rings. The summed E-state index contributed by atoms with van der Waals surface area (Å²) in [7, 11) is 1.88. The Morgan fingerprint density at radius 1 is 1.67 bits per heavy atom. The first kappa shape index (κ1) is 16.3. The van der Waals surface area contributed by atoms with Crippen molar-refractivity contribution in [1.29, 1.82) is 0 Å². The molecule has 2 unspecified atom stereocenters. The van der Waals surface area contributed by atoms with Gasteiger partial charge in [-0.1, -0.05) is 11.8 Å². The minimum absolute atomic E-state index is 0.125. The lowest BCUT2D eigenvalue weighted by Gasteiger charge is -2.30. The van der Waals surface area contributed by atoms with Gasteiger partial charge in [-0.25, -0.2) is 9.67 Å². The van der Waals surface area contributed by atoms with Crippen LogP contribution >= 0.6 is 11.8 Å². The van der Waals surface area contributed by atoms with Crippen molar-refractivity contribution < 1.29 is 9.53 Å². The lowest BCUT2D eigenvalue weighted by molar-refractivity contribution is -0.151. The topological polar surface area (TPSA) is 69.0 Å². The molecule has 2 rings (SSSR count). The smallest absolute Gasteiger partial charge is 0.326 e. The van der Waals surface area contributed by atoms with Crippen molar-refractivity contribution in [3.05, 3.63) is 6.33 Å². The molecule has 1 aliphatic rings. The largest absolute Gasteiger partial charge is 0.465 e. The molecule has 0 aromatic carbocycles. The van der Waals surface area contributed by atoms with Crippen molar-refractivity contribution in [2.75, 3.05) is 6.61 Å². The fraction of sp³-hybridized carbons (Fsp3) is 0.786. The van der Waals surface area contributed by atoms with E-state index in [0.717, 1.165) is 24.4 Å². The van der Waals surface area contributed by atoms with E-state index in [4.69, 9.17) is 4.74 Å². The first-order chi connectivity index (χ1) is 9.97. The molecule has 0 aliphatic heterocycles. The zero-order valence-electron chi connectivity index (χ0n) is 13.1. The minimum Gasteiger partial charge on any atom is -0.465 e. The predicted molar refractivity (Wildman–Crippen MR) is 82.1 cm³/mol. The number of carbonyl (C=O) groups excluding carboxylic acids is 1. The molecule has 1 aliphatic carbocycles. The number of thioether (sulfide) groups is 1. The van der Waals surface area contributed by atoms with Gasteiger partial charge in [0.25, 0.3) is 0 Å². The molecule has 118 valence electrons. The van der Waals surface area contributed by atoms with E-state index in [1.165, 1.54) is 0 Å². The summed E-state index contributed by atoms with van der Waals surface area (Å²) in [4.78, 5) is 16.6. The summed E-state index contributed by atoms with van der Waals surface area (Å²) < 4.78 is 7.06. The van der Waals surface area contributed by atoms with E-state index in [0.29, 0.717) is 11.9 Å². The zero-order chi connectivity index (χ0) is 15.5. The van der Waals surface area contributed by atoms with Crippen LogP contribution in [0, 0.1) is 0 Å². The maximum Gasteiger partial charge on any atom is 0.326 e. The monoisotopic (exact) mass is 312 g/mol. The van der Waals surface area contributed by atoms with Crippen LogP contribution in [0.4, 0.5) is 0 Å². The maximum atomic E-state index is 12.4. The Morgan fingerprint density at radius 2 is 2.43 bits per heavy atom. The quantitative estimate of drug-likeness (QED) is 0.807. The number of aryl methyl sites for hydroxylation is 1. The molecule has 21 heavy (non-hydrogen) atoms. The Balaban J connectivity index is 2.07. The van der Waals surface area contributed by atoms with Crippen LogP contribution in [0.25, 0.3) is 0 Å². The first-order valence-corrected chi connectivity index (χ1v) is 8.30. The van der Waals surface area contributed by atoms with Gasteiger partial charge in [-0.05, 0) is 40.0 Å². The molecule has 0 radical (unpaired) electrons. The minimum atomic E-state index is -0.555. The standard InChI is InChI=1S/C14H24N4O2S/c1-5-20-12(19)14(17-10(2)3)7-6-11(8-14)21-13-15-9-16-18(13)4/h9-11,17H,5-8H2,1-4H3. The maximum absolute atomic E-state index is 12.4. The molecule has 0 amide bonds. The number of hydrogen-bond acceptors (Lipinski definition) is 6. The Hall–Kier alpha value is -1.08. The van der Waals surface area contributed by atoms with Crippen LogP contribution in [-0.4, -0.2) is 44.2 Å². The molecule has 1 saturated carbocycles. The summed E-state index contributed by atoms with van der Waals surface area (Å²) in [6.07, 6.45) is 4.10. The van der Waals surface area contributed by atoms with Crippen LogP contribution in [0.1, 0.15) is 40.0 Å². The van der Waals surface area contributed by atoms with E-state index in [-0.39, 0.29) is 12.0 Å². The molecular formula is C14H24N4O2S. The molecule has 0 saturated heterocycles. The number of esters is 1.